The minimum Gasteiger partial charge on any atom is -0.497 e. The molecule has 1 aliphatic rings. The molecule has 3 aromatic carbocycles. The van der Waals surface area contributed by atoms with Crippen molar-refractivity contribution in [2.45, 2.75) is 76.4 Å². The Morgan fingerprint density at radius 2 is 1.46 bits per heavy atom. The molecule has 8 nitrogen and oxygen atoms in total. The van der Waals surface area contributed by atoms with E-state index in [1.807, 2.05) is 66.7 Å². The molecule has 11 heteroatoms. The SMILES string of the molecule is [B][B][C@H]1C[C@@H](OP(OCCC#N)N(C(C)C)C(C)C)[C@@H](COC(c2ccccc2)(c2ccc(OC)cc2)c2ccc(OC)cc2)O1. The molecule has 241 valence electrons. The molecule has 1 saturated heterocycles. The highest BCUT2D eigenvalue weighted by molar-refractivity contribution is 7.44. The smallest absolute Gasteiger partial charge is 0.259 e. The summed E-state index contributed by atoms with van der Waals surface area (Å²) in [5, 5.41) is 9.17. The number of hydrogen-bond donors (Lipinski definition) is 0. The summed E-state index contributed by atoms with van der Waals surface area (Å²) in [6, 6.07) is 28.2. The number of ether oxygens (including phenoxy) is 4. The summed E-state index contributed by atoms with van der Waals surface area (Å²) in [6.45, 7) is 8.95. The van der Waals surface area contributed by atoms with Crippen LogP contribution in [-0.4, -0.2) is 77.3 Å². The van der Waals surface area contributed by atoms with Gasteiger partial charge in [0.25, 0.3) is 8.53 Å². The van der Waals surface area contributed by atoms with Gasteiger partial charge in [0.15, 0.2) is 0 Å². The molecule has 0 aliphatic carbocycles. The van der Waals surface area contributed by atoms with E-state index >= 15 is 0 Å². The van der Waals surface area contributed by atoms with Crippen LogP contribution >= 0.6 is 8.53 Å². The van der Waals surface area contributed by atoms with Crippen LogP contribution in [0.5, 0.6) is 11.5 Å². The lowest BCUT2D eigenvalue weighted by atomic mass is 9.51. The first-order valence-corrected chi connectivity index (χ1v) is 16.8. The highest BCUT2D eigenvalue weighted by Gasteiger charge is 2.43. The molecule has 3 aromatic rings. The molecule has 46 heavy (non-hydrogen) atoms. The molecular weight excluding hydrogens is 597 g/mol. The van der Waals surface area contributed by atoms with Gasteiger partial charge in [-0.3, -0.25) is 0 Å². The van der Waals surface area contributed by atoms with Gasteiger partial charge in [0, 0.05) is 25.8 Å². The molecule has 0 amide bonds. The summed E-state index contributed by atoms with van der Waals surface area (Å²) < 4.78 is 39.8. The van der Waals surface area contributed by atoms with Crippen molar-refractivity contribution >= 4 is 23.4 Å². The molecule has 3 radical (unpaired) electrons. The van der Waals surface area contributed by atoms with Gasteiger partial charge < -0.3 is 28.0 Å². The molecule has 4 rings (SSSR count). The van der Waals surface area contributed by atoms with Crippen molar-refractivity contribution in [1.82, 2.24) is 4.67 Å². The van der Waals surface area contributed by atoms with Crippen molar-refractivity contribution in [1.29, 1.82) is 5.26 Å². The van der Waals surface area contributed by atoms with E-state index < -0.39 is 20.2 Å². The van der Waals surface area contributed by atoms with Gasteiger partial charge in [-0.1, -0.05) is 54.6 Å². The fourth-order valence-corrected chi connectivity index (χ4v) is 7.58. The summed E-state index contributed by atoms with van der Waals surface area (Å²) >= 11 is 0. The lowest BCUT2D eigenvalue weighted by molar-refractivity contribution is -0.0715. The summed E-state index contributed by atoms with van der Waals surface area (Å²) in [5.41, 5.74) is 1.80. The monoisotopic (exact) mass is 641 g/mol. The second kappa shape index (κ2) is 17.3. The highest BCUT2D eigenvalue weighted by Crippen LogP contribution is 2.50. The number of methoxy groups -OCH3 is 2. The topological polar surface area (TPSA) is 82.4 Å². The lowest BCUT2D eigenvalue weighted by Gasteiger charge is -2.39. The van der Waals surface area contributed by atoms with E-state index in [9.17, 15) is 0 Å². The minimum atomic E-state index is -1.49. The third kappa shape index (κ3) is 8.52. The molecule has 1 aliphatic heterocycles. The number of nitriles is 1. The Kier molecular flexibility index (Phi) is 13.5. The van der Waals surface area contributed by atoms with Gasteiger partial charge in [0.05, 0.1) is 53.2 Å². The Balaban J connectivity index is 1.74. The first-order chi connectivity index (χ1) is 22.3. The zero-order chi connectivity index (χ0) is 33.1. The minimum absolute atomic E-state index is 0.165. The van der Waals surface area contributed by atoms with Crippen molar-refractivity contribution in [2.75, 3.05) is 27.4 Å². The average molecular weight is 641 g/mol. The Morgan fingerprint density at radius 3 is 1.93 bits per heavy atom. The van der Waals surface area contributed by atoms with Crippen LogP contribution in [0.4, 0.5) is 0 Å². The summed E-state index contributed by atoms with van der Waals surface area (Å²) in [7, 11) is 9.39. The number of nitrogens with zero attached hydrogens (tertiary/aromatic N) is 2. The molecule has 1 heterocycles. The average Bonchev–Trinajstić information content (AvgIpc) is 3.47. The highest BCUT2D eigenvalue weighted by atomic mass is 31.2. The number of benzene rings is 3. The first kappa shape index (κ1) is 36.0. The van der Waals surface area contributed by atoms with E-state index in [-0.39, 0.29) is 43.8 Å². The second-order valence-electron chi connectivity index (χ2n) is 11.6. The van der Waals surface area contributed by atoms with Crippen LogP contribution < -0.4 is 9.47 Å². The zero-order valence-electron chi connectivity index (χ0n) is 27.7. The molecular formula is C35H44B2N2O6P. The Bertz CT molecular complexity index is 1320. The van der Waals surface area contributed by atoms with Crippen molar-refractivity contribution in [3.8, 4) is 17.6 Å². The van der Waals surface area contributed by atoms with Crippen LogP contribution in [0.3, 0.4) is 0 Å². The zero-order valence-corrected chi connectivity index (χ0v) is 28.6. The van der Waals surface area contributed by atoms with E-state index in [1.54, 1.807) is 21.4 Å². The number of hydrogen-bond acceptors (Lipinski definition) is 8. The summed E-state index contributed by atoms with van der Waals surface area (Å²) in [5.74, 6) is 1.50. The maximum atomic E-state index is 9.17. The molecule has 0 spiro atoms. The van der Waals surface area contributed by atoms with Gasteiger partial charge in [-0.15, -0.1) is 0 Å². The van der Waals surface area contributed by atoms with E-state index in [4.69, 9.17) is 41.0 Å². The van der Waals surface area contributed by atoms with E-state index in [0.717, 1.165) is 28.2 Å². The third-order valence-electron chi connectivity index (χ3n) is 7.97. The molecule has 0 bridgehead atoms. The molecule has 0 N–H and O–H groups in total. The van der Waals surface area contributed by atoms with Gasteiger partial charge >= 0.3 is 0 Å². The standard InChI is InChI=1S/C35H44B2N2O6P/c1-25(2)39(26(3)4)46(43-22-10-21-38)45-32-23-34(37-36)44-33(32)24-42-35(27-11-8-7-9-12-27,28-13-17-30(40-5)18-14-28)29-15-19-31(41-6)20-16-29/h7-9,11-20,25-26,32-34H,10,22-24H2,1-6H3/t32-,33-,34-,46?/m1/s1. The predicted octanol–water partition coefficient (Wildman–Crippen LogP) is 6.58. The molecule has 0 saturated carbocycles. The predicted molar refractivity (Wildman–Crippen MR) is 183 cm³/mol. The van der Waals surface area contributed by atoms with Crippen molar-refractivity contribution in [3.05, 3.63) is 95.6 Å². The van der Waals surface area contributed by atoms with E-state index in [0.29, 0.717) is 6.42 Å². The summed E-state index contributed by atoms with van der Waals surface area (Å²) in [6.07, 6.45) is 0.0225. The van der Waals surface area contributed by atoms with E-state index in [2.05, 4.69) is 50.6 Å². The Labute approximate surface area is 277 Å². The van der Waals surface area contributed by atoms with Gasteiger partial charge in [-0.2, -0.15) is 5.26 Å². The van der Waals surface area contributed by atoms with Crippen LogP contribution in [0.15, 0.2) is 78.9 Å². The fourth-order valence-electron chi connectivity index (χ4n) is 5.82. The fraction of sp³-hybridized carbons (Fsp3) is 0.457. The van der Waals surface area contributed by atoms with Gasteiger partial charge in [-0.05, 0) is 75.1 Å². The third-order valence-corrected chi connectivity index (χ3v) is 10.1. The van der Waals surface area contributed by atoms with Gasteiger partial charge in [-0.25, -0.2) is 4.67 Å². The van der Waals surface area contributed by atoms with Gasteiger partial charge in [0.2, 0.25) is 0 Å². The first-order valence-electron chi connectivity index (χ1n) is 15.7. The van der Waals surface area contributed by atoms with Crippen LogP contribution in [0.25, 0.3) is 0 Å². The van der Waals surface area contributed by atoms with Gasteiger partial charge in [0.1, 0.15) is 23.2 Å². The normalized spacial score (nSPS) is 18.9. The quantitative estimate of drug-likeness (QED) is 0.0709. The van der Waals surface area contributed by atoms with Crippen molar-refractivity contribution in [3.63, 3.8) is 0 Å². The second-order valence-corrected chi connectivity index (χ2v) is 13.1. The molecule has 1 fully saturated rings. The van der Waals surface area contributed by atoms with Crippen LogP contribution in [0.2, 0.25) is 0 Å². The maximum Gasteiger partial charge on any atom is 0.259 e. The van der Waals surface area contributed by atoms with E-state index in [1.165, 1.54) is 0 Å². The Hall–Kier alpha value is -2.89. The van der Waals surface area contributed by atoms with Crippen molar-refractivity contribution < 1.29 is 28.0 Å². The molecule has 0 aromatic heterocycles. The van der Waals surface area contributed by atoms with Crippen molar-refractivity contribution in [2.24, 2.45) is 0 Å². The van der Waals surface area contributed by atoms with Crippen LogP contribution in [0.1, 0.15) is 57.2 Å². The Morgan fingerprint density at radius 1 is 0.913 bits per heavy atom. The summed E-state index contributed by atoms with van der Waals surface area (Å²) in [4.78, 5) is 0. The lowest BCUT2D eigenvalue weighted by Crippen LogP contribution is -2.39. The maximum absolute atomic E-state index is 9.17. The largest absolute Gasteiger partial charge is 0.497 e. The molecule has 1 unspecified atom stereocenters. The number of rotatable bonds is 17. The molecule has 4 atom stereocenters. The van der Waals surface area contributed by atoms with Crippen LogP contribution in [0, 0.1) is 11.3 Å². The van der Waals surface area contributed by atoms with Crippen LogP contribution in [-0.2, 0) is 24.1 Å².